The van der Waals surface area contributed by atoms with E-state index < -0.39 is 5.97 Å². The van der Waals surface area contributed by atoms with Gasteiger partial charge in [-0.2, -0.15) is 0 Å². The lowest BCUT2D eigenvalue weighted by Gasteiger charge is -2.22. The second-order valence-electron chi connectivity index (χ2n) is 7.26. The molecule has 1 amide bonds. The molecule has 1 saturated carbocycles. The fourth-order valence-corrected chi connectivity index (χ4v) is 3.42. The molecule has 0 atom stereocenters. The van der Waals surface area contributed by atoms with Gasteiger partial charge in [0, 0.05) is 23.4 Å². The molecule has 6 heteroatoms. The first-order valence-electron chi connectivity index (χ1n) is 9.66. The third kappa shape index (κ3) is 4.32. The van der Waals surface area contributed by atoms with Gasteiger partial charge in [-0.05, 0) is 57.2 Å². The zero-order valence-electron chi connectivity index (χ0n) is 16.6. The highest BCUT2D eigenvalue weighted by molar-refractivity contribution is 6.05. The first-order chi connectivity index (χ1) is 13.4. The highest BCUT2D eigenvalue weighted by Crippen LogP contribution is 2.30. The van der Waals surface area contributed by atoms with Gasteiger partial charge < -0.3 is 14.6 Å². The maximum atomic E-state index is 13.1. The molecule has 0 aliphatic heterocycles. The molecule has 0 radical (unpaired) electrons. The number of aryl methyl sites for hydroxylation is 1. The van der Waals surface area contributed by atoms with E-state index >= 15 is 0 Å². The van der Waals surface area contributed by atoms with E-state index in [2.05, 4.69) is 4.98 Å². The molecule has 1 aliphatic rings. The molecule has 1 aromatic heterocycles. The molecule has 1 aromatic carbocycles. The number of ether oxygens (including phenoxy) is 1. The Balaban J connectivity index is 1.82. The lowest BCUT2D eigenvalue weighted by molar-refractivity contribution is 0.0519. The van der Waals surface area contributed by atoms with Crippen molar-refractivity contribution in [2.75, 3.05) is 19.7 Å². The number of hydrogen-bond donors (Lipinski definition) is 1. The number of carbonyl (C=O) groups excluding carboxylic acids is 3. The fourth-order valence-electron chi connectivity index (χ4n) is 3.42. The SMILES string of the molecule is CCOC(=O)c1[nH]c(C)c(C(=O)CN(CC2CC2)C(=O)c2ccccc2)c1C. The van der Waals surface area contributed by atoms with E-state index in [1.807, 2.05) is 18.2 Å². The van der Waals surface area contributed by atoms with Crippen LogP contribution in [0.1, 0.15) is 62.2 Å². The van der Waals surface area contributed by atoms with Crippen LogP contribution in [0.4, 0.5) is 0 Å². The van der Waals surface area contributed by atoms with Crippen molar-refractivity contribution < 1.29 is 19.1 Å². The maximum absolute atomic E-state index is 13.1. The lowest BCUT2D eigenvalue weighted by Crippen LogP contribution is -2.37. The smallest absolute Gasteiger partial charge is 0.355 e. The monoisotopic (exact) mass is 382 g/mol. The molecule has 28 heavy (non-hydrogen) atoms. The van der Waals surface area contributed by atoms with Gasteiger partial charge in [-0.15, -0.1) is 0 Å². The van der Waals surface area contributed by atoms with Crippen LogP contribution in [-0.2, 0) is 4.74 Å². The van der Waals surface area contributed by atoms with E-state index in [1.54, 1.807) is 37.8 Å². The second-order valence-corrected chi connectivity index (χ2v) is 7.26. The molecule has 1 aliphatic carbocycles. The average molecular weight is 382 g/mol. The number of benzene rings is 1. The summed E-state index contributed by atoms with van der Waals surface area (Å²) in [5.74, 6) is -0.328. The first kappa shape index (κ1) is 19.9. The first-order valence-corrected chi connectivity index (χ1v) is 9.66. The van der Waals surface area contributed by atoms with Crippen LogP contribution in [-0.4, -0.2) is 47.2 Å². The number of Topliss-reactive ketones (excluding diaryl/α,β-unsaturated/α-hetero) is 1. The largest absolute Gasteiger partial charge is 0.461 e. The third-order valence-corrected chi connectivity index (χ3v) is 5.01. The predicted octanol–water partition coefficient (Wildman–Crippen LogP) is 3.54. The van der Waals surface area contributed by atoms with Crippen LogP contribution in [0.3, 0.4) is 0 Å². The molecule has 148 valence electrons. The number of nitrogens with one attached hydrogen (secondary N) is 1. The van der Waals surface area contributed by atoms with Crippen molar-refractivity contribution in [2.24, 2.45) is 5.92 Å². The third-order valence-electron chi connectivity index (χ3n) is 5.01. The lowest BCUT2D eigenvalue weighted by atomic mass is 10.0. The fraction of sp³-hybridized carbons (Fsp3) is 0.409. The number of aromatic amines is 1. The van der Waals surface area contributed by atoms with Crippen LogP contribution in [0.15, 0.2) is 30.3 Å². The van der Waals surface area contributed by atoms with Gasteiger partial charge in [0.05, 0.1) is 13.2 Å². The Morgan fingerprint density at radius 1 is 1.14 bits per heavy atom. The van der Waals surface area contributed by atoms with E-state index in [-0.39, 0.29) is 24.8 Å². The van der Waals surface area contributed by atoms with Gasteiger partial charge >= 0.3 is 5.97 Å². The van der Waals surface area contributed by atoms with Crippen molar-refractivity contribution in [3.63, 3.8) is 0 Å². The molecule has 0 unspecified atom stereocenters. The molecule has 6 nitrogen and oxygen atoms in total. The van der Waals surface area contributed by atoms with Gasteiger partial charge in [-0.1, -0.05) is 18.2 Å². The molecule has 2 aromatic rings. The quantitative estimate of drug-likeness (QED) is 0.559. The Kier molecular flexibility index (Phi) is 5.97. The van der Waals surface area contributed by atoms with Crippen molar-refractivity contribution >= 4 is 17.7 Å². The topological polar surface area (TPSA) is 79.5 Å². The van der Waals surface area contributed by atoms with Crippen LogP contribution < -0.4 is 0 Å². The van der Waals surface area contributed by atoms with E-state index in [0.717, 1.165) is 12.8 Å². The number of hydrogen-bond acceptors (Lipinski definition) is 4. The molecule has 1 heterocycles. The Bertz CT molecular complexity index is 881. The Morgan fingerprint density at radius 2 is 1.82 bits per heavy atom. The van der Waals surface area contributed by atoms with Gasteiger partial charge in [0.1, 0.15) is 5.69 Å². The van der Waals surface area contributed by atoms with Crippen molar-refractivity contribution in [3.05, 3.63) is 58.4 Å². The number of amides is 1. The summed E-state index contributed by atoms with van der Waals surface area (Å²) in [7, 11) is 0. The summed E-state index contributed by atoms with van der Waals surface area (Å²) in [5, 5.41) is 0. The Hall–Kier alpha value is -2.89. The standard InChI is InChI=1S/C22H26N2O4/c1-4-28-22(27)20-14(2)19(15(3)23-20)18(25)13-24(12-16-10-11-16)21(26)17-8-6-5-7-9-17/h5-9,16,23H,4,10-13H2,1-3H3. The normalized spacial score (nSPS) is 13.2. The van der Waals surface area contributed by atoms with Crippen LogP contribution in [0, 0.1) is 19.8 Å². The molecule has 0 bridgehead atoms. The van der Waals surface area contributed by atoms with Gasteiger partial charge in [0.15, 0.2) is 5.78 Å². The van der Waals surface area contributed by atoms with E-state index in [9.17, 15) is 14.4 Å². The average Bonchev–Trinajstić information content (AvgIpc) is 3.44. The minimum atomic E-state index is -0.475. The summed E-state index contributed by atoms with van der Waals surface area (Å²) in [6.07, 6.45) is 2.17. The van der Waals surface area contributed by atoms with E-state index in [4.69, 9.17) is 4.74 Å². The van der Waals surface area contributed by atoms with Gasteiger partial charge in [0.25, 0.3) is 5.91 Å². The highest BCUT2D eigenvalue weighted by Gasteiger charge is 2.30. The summed E-state index contributed by atoms with van der Waals surface area (Å²) < 4.78 is 5.05. The van der Waals surface area contributed by atoms with Crippen LogP contribution in [0.2, 0.25) is 0 Å². The maximum Gasteiger partial charge on any atom is 0.355 e. The zero-order valence-corrected chi connectivity index (χ0v) is 16.6. The minimum absolute atomic E-state index is 0.00791. The van der Waals surface area contributed by atoms with E-state index in [0.29, 0.717) is 40.5 Å². The zero-order chi connectivity index (χ0) is 20.3. The molecule has 3 rings (SSSR count). The van der Waals surface area contributed by atoms with Crippen molar-refractivity contribution in [2.45, 2.75) is 33.6 Å². The molecule has 0 saturated heterocycles. The van der Waals surface area contributed by atoms with Gasteiger partial charge in [-0.3, -0.25) is 9.59 Å². The number of ketones is 1. The second kappa shape index (κ2) is 8.42. The summed E-state index contributed by atoms with van der Waals surface area (Å²) >= 11 is 0. The number of H-pyrrole nitrogens is 1. The summed E-state index contributed by atoms with van der Waals surface area (Å²) in [6, 6.07) is 9.01. The Morgan fingerprint density at radius 3 is 2.43 bits per heavy atom. The van der Waals surface area contributed by atoms with E-state index in [1.165, 1.54) is 0 Å². The minimum Gasteiger partial charge on any atom is -0.461 e. The highest BCUT2D eigenvalue weighted by atomic mass is 16.5. The van der Waals surface area contributed by atoms with Crippen molar-refractivity contribution in [3.8, 4) is 0 Å². The number of carbonyl (C=O) groups is 3. The summed E-state index contributed by atoms with van der Waals surface area (Å²) in [6.45, 7) is 6.06. The van der Waals surface area contributed by atoms with Crippen LogP contribution in [0.25, 0.3) is 0 Å². The molecular weight excluding hydrogens is 356 g/mol. The molecule has 0 spiro atoms. The summed E-state index contributed by atoms with van der Waals surface area (Å²) in [5.41, 5.74) is 2.52. The number of esters is 1. The number of nitrogens with zero attached hydrogens (tertiary/aromatic N) is 1. The predicted molar refractivity (Wildman–Crippen MR) is 106 cm³/mol. The summed E-state index contributed by atoms with van der Waals surface area (Å²) in [4.78, 5) is 42.7. The van der Waals surface area contributed by atoms with Gasteiger partial charge in [0.2, 0.25) is 0 Å². The van der Waals surface area contributed by atoms with Crippen LogP contribution in [0.5, 0.6) is 0 Å². The number of rotatable bonds is 8. The number of aromatic nitrogens is 1. The molecule has 1 N–H and O–H groups in total. The van der Waals surface area contributed by atoms with Crippen LogP contribution >= 0.6 is 0 Å². The van der Waals surface area contributed by atoms with Crippen molar-refractivity contribution in [1.82, 2.24) is 9.88 Å². The van der Waals surface area contributed by atoms with Crippen molar-refractivity contribution in [1.29, 1.82) is 0 Å². The van der Waals surface area contributed by atoms with Gasteiger partial charge in [-0.25, -0.2) is 4.79 Å². The molecule has 1 fully saturated rings. The molecular formula is C22H26N2O4. The Labute approximate surface area is 164 Å².